The van der Waals surface area contributed by atoms with E-state index < -0.39 is 0 Å². The van der Waals surface area contributed by atoms with E-state index in [0.717, 1.165) is 5.69 Å². The second-order valence-corrected chi connectivity index (χ2v) is 3.78. The van der Waals surface area contributed by atoms with Gasteiger partial charge in [-0.25, -0.2) is 0 Å². The van der Waals surface area contributed by atoms with Crippen LogP contribution < -0.4 is 4.90 Å². The third-order valence-corrected chi connectivity index (χ3v) is 2.66. The first-order valence-electron chi connectivity index (χ1n) is 5.74. The van der Waals surface area contributed by atoms with E-state index >= 15 is 0 Å². The molecule has 0 saturated heterocycles. The lowest BCUT2D eigenvalue weighted by atomic mass is 10.2. The number of anilines is 1. The van der Waals surface area contributed by atoms with Gasteiger partial charge in [-0.15, -0.1) is 0 Å². The number of carbonyl (C=O) groups is 1. The molecule has 92 valence electrons. The Balaban J connectivity index is 2.35. The topological polar surface area (TPSA) is 53.4 Å². The van der Waals surface area contributed by atoms with Crippen LogP contribution in [0.15, 0.2) is 48.8 Å². The maximum Gasteiger partial charge on any atom is 0.262 e. The number of aromatic nitrogens is 1. The minimum atomic E-state index is -0.233. The van der Waals surface area contributed by atoms with Gasteiger partial charge in [0.2, 0.25) is 0 Å². The molecule has 2 rings (SSSR count). The van der Waals surface area contributed by atoms with Crippen LogP contribution in [0.1, 0.15) is 17.3 Å². The zero-order valence-electron chi connectivity index (χ0n) is 10.1. The predicted octanol–water partition coefficient (Wildman–Crippen LogP) is 2.45. The van der Waals surface area contributed by atoms with Crippen molar-refractivity contribution < 1.29 is 9.90 Å². The minimum Gasteiger partial charge on any atom is -0.505 e. The number of carbonyl (C=O) groups excluding carboxylic acids is 1. The number of aromatic hydroxyl groups is 1. The molecule has 0 unspecified atom stereocenters. The maximum absolute atomic E-state index is 12.3. The molecule has 1 heterocycles. The summed E-state index contributed by atoms with van der Waals surface area (Å²) in [5, 5.41) is 9.66. The summed E-state index contributed by atoms with van der Waals surface area (Å²) in [6, 6.07) is 10.9. The highest BCUT2D eigenvalue weighted by Crippen LogP contribution is 2.21. The first-order valence-corrected chi connectivity index (χ1v) is 5.74. The number of para-hydroxylation sites is 1. The van der Waals surface area contributed by atoms with Crippen molar-refractivity contribution in [2.45, 2.75) is 6.92 Å². The predicted molar refractivity (Wildman–Crippen MR) is 69.7 cm³/mol. The molecule has 0 radical (unpaired) electrons. The van der Waals surface area contributed by atoms with Gasteiger partial charge in [0.15, 0.2) is 0 Å². The Kier molecular flexibility index (Phi) is 3.57. The monoisotopic (exact) mass is 242 g/mol. The maximum atomic E-state index is 12.3. The summed E-state index contributed by atoms with van der Waals surface area (Å²) in [4.78, 5) is 17.7. The lowest BCUT2D eigenvalue weighted by molar-refractivity contribution is 0.0985. The minimum absolute atomic E-state index is 0.100. The summed E-state index contributed by atoms with van der Waals surface area (Å²) >= 11 is 0. The van der Waals surface area contributed by atoms with Crippen LogP contribution in [0.5, 0.6) is 5.75 Å². The van der Waals surface area contributed by atoms with Crippen LogP contribution in [0.3, 0.4) is 0 Å². The number of pyridine rings is 1. The van der Waals surface area contributed by atoms with Gasteiger partial charge in [0, 0.05) is 18.4 Å². The van der Waals surface area contributed by atoms with Crippen molar-refractivity contribution in [2.24, 2.45) is 0 Å². The highest BCUT2D eigenvalue weighted by Gasteiger charge is 2.18. The van der Waals surface area contributed by atoms with Crippen molar-refractivity contribution in [3.05, 3.63) is 54.4 Å². The van der Waals surface area contributed by atoms with Crippen molar-refractivity contribution >= 4 is 11.6 Å². The standard InChI is InChI=1S/C14H14N2O2/c1-2-16(11-6-4-3-5-7-11)14(18)12-8-9-15-10-13(12)17/h3-10,17H,2H2,1H3. The van der Waals surface area contributed by atoms with Gasteiger partial charge in [0.05, 0.1) is 11.8 Å². The van der Waals surface area contributed by atoms with Crippen LogP contribution in [0.25, 0.3) is 0 Å². The Hall–Kier alpha value is -2.36. The van der Waals surface area contributed by atoms with Crippen molar-refractivity contribution in [1.82, 2.24) is 4.98 Å². The molecule has 0 aliphatic heterocycles. The number of benzene rings is 1. The fourth-order valence-electron chi connectivity index (χ4n) is 1.76. The van der Waals surface area contributed by atoms with E-state index in [-0.39, 0.29) is 17.2 Å². The molecule has 2 aromatic rings. The summed E-state index contributed by atoms with van der Waals surface area (Å²) in [6.07, 6.45) is 2.76. The van der Waals surface area contributed by atoms with Crippen LogP contribution in [0.2, 0.25) is 0 Å². The molecule has 1 aromatic heterocycles. The molecule has 1 aromatic carbocycles. The average molecular weight is 242 g/mol. The highest BCUT2D eigenvalue weighted by atomic mass is 16.3. The molecular formula is C14H14N2O2. The fourth-order valence-corrected chi connectivity index (χ4v) is 1.76. The van der Waals surface area contributed by atoms with Gasteiger partial charge in [-0.3, -0.25) is 9.78 Å². The largest absolute Gasteiger partial charge is 0.505 e. The van der Waals surface area contributed by atoms with Crippen molar-refractivity contribution in [1.29, 1.82) is 0 Å². The molecule has 1 amide bonds. The smallest absolute Gasteiger partial charge is 0.262 e. The molecule has 0 saturated carbocycles. The van der Waals surface area contributed by atoms with E-state index in [1.807, 2.05) is 37.3 Å². The van der Waals surface area contributed by atoms with Gasteiger partial charge in [-0.2, -0.15) is 0 Å². The van der Waals surface area contributed by atoms with E-state index in [1.54, 1.807) is 4.90 Å². The van der Waals surface area contributed by atoms with Crippen LogP contribution in [-0.2, 0) is 0 Å². The fraction of sp³-hybridized carbons (Fsp3) is 0.143. The summed E-state index contributed by atoms with van der Waals surface area (Å²) in [5.41, 5.74) is 1.07. The second-order valence-electron chi connectivity index (χ2n) is 3.78. The van der Waals surface area contributed by atoms with Crippen LogP contribution in [-0.4, -0.2) is 22.5 Å². The Morgan fingerprint density at radius 2 is 2.00 bits per heavy atom. The van der Waals surface area contributed by atoms with Gasteiger partial charge < -0.3 is 10.0 Å². The van der Waals surface area contributed by atoms with E-state index in [2.05, 4.69) is 4.98 Å². The number of hydrogen-bond donors (Lipinski definition) is 1. The van der Waals surface area contributed by atoms with Gasteiger partial charge in [-0.1, -0.05) is 18.2 Å². The molecule has 1 N–H and O–H groups in total. The zero-order chi connectivity index (χ0) is 13.0. The zero-order valence-corrected chi connectivity index (χ0v) is 10.1. The average Bonchev–Trinajstić information content (AvgIpc) is 2.41. The summed E-state index contributed by atoms with van der Waals surface area (Å²) < 4.78 is 0. The molecule has 0 fully saturated rings. The first kappa shape index (κ1) is 12.1. The van der Waals surface area contributed by atoms with Crippen molar-refractivity contribution in [3.63, 3.8) is 0 Å². The molecule has 0 aliphatic rings. The van der Waals surface area contributed by atoms with Crippen molar-refractivity contribution in [2.75, 3.05) is 11.4 Å². The first-order chi connectivity index (χ1) is 8.74. The molecule has 0 aliphatic carbocycles. The summed E-state index contributed by atoms with van der Waals surface area (Å²) in [6.45, 7) is 2.42. The van der Waals surface area contributed by atoms with Gasteiger partial charge in [-0.05, 0) is 25.1 Å². The molecule has 0 atom stereocenters. The molecule has 18 heavy (non-hydrogen) atoms. The third kappa shape index (κ3) is 2.32. The number of hydrogen-bond acceptors (Lipinski definition) is 3. The van der Waals surface area contributed by atoms with Crippen molar-refractivity contribution in [3.8, 4) is 5.75 Å². The molecule has 0 spiro atoms. The van der Waals surface area contributed by atoms with E-state index in [4.69, 9.17) is 0 Å². The molecule has 0 bridgehead atoms. The molecule has 4 heteroatoms. The number of rotatable bonds is 3. The number of nitrogens with zero attached hydrogens (tertiary/aromatic N) is 2. The number of amides is 1. The molecule has 4 nitrogen and oxygen atoms in total. The van der Waals surface area contributed by atoms with Crippen LogP contribution in [0.4, 0.5) is 5.69 Å². The molecular weight excluding hydrogens is 228 g/mol. The lowest BCUT2D eigenvalue weighted by Gasteiger charge is -2.21. The van der Waals surface area contributed by atoms with Gasteiger partial charge in [0.1, 0.15) is 5.75 Å². The van der Waals surface area contributed by atoms with E-state index in [9.17, 15) is 9.90 Å². The Labute approximate surface area is 106 Å². The SMILES string of the molecule is CCN(C(=O)c1ccncc1O)c1ccccc1. The third-order valence-electron chi connectivity index (χ3n) is 2.66. The summed E-state index contributed by atoms with van der Waals surface area (Å²) in [7, 11) is 0. The lowest BCUT2D eigenvalue weighted by Crippen LogP contribution is -2.30. The van der Waals surface area contributed by atoms with E-state index in [0.29, 0.717) is 6.54 Å². The second kappa shape index (κ2) is 5.31. The Morgan fingerprint density at radius 1 is 1.28 bits per heavy atom. The van der Waals surface area contributed by atoms with Gasteiger partial charge in [0.25, 0.3) is 5.91 Å². The van der Waals surface area contributed by atoms with E-state index in [1.165, 1.54) is 18.5 Å². The highest BCUT2D eigenvalue weighted by molar-refractivity contribution is 6.07. The quantitative estimate of drug-likeness (QED) is 0.899. The van der Waals surface area contributed by atoms with Crippen LogP contribution in [0, 0.1) is 0 Å². The summed E-state index contributed by atoms with van der Waals surface area (Å²) in [5.74, 6) is -0.333. The Bertz CT molecular complexity index is 541. The Morgan fingerprint density at radius 3 is 2.61 bits per heavy atom. The van der Waals surface area contributed by atoms with Gasteiger partial charge >= 0.3 is 0 Å². The normalized spacial score (nSPS) is 10.1. The van der Waals surface area contributed by atoms with Crippen LogP contribution >= 0.6 is 0 Å².